The normalized spacial score (nSPS) is 11.8. The van der Waals surface area contributed by atoms with Crippen LogP contribution in [0.3, 0.4) is 0 Å². The maximum absolute atomic E-state index is 13.2. The predicted octanol–water partition coefficient (Wildman–Crippen LogP) is 6.11. The number of nitrogens with one attached hydrogen (secondary N) is 3. The first kappa shape index (κ1) is 28.8. The lowest BCUT2D eigenvalue weighted by molar-refractivity contribution is -0.384. The van der Waals surface area contributed by atoms with E-state index in [1.807, 2.05) is 13.0 Å². The molecule has 1 atom stereocenters. The number of carbonyl (C=O) groups excluding carboxylic acids is 3. The van der Waals surface area contributed by atoms with E-state index in [0.29, 0.717) is 29.1 Å². The minimum atomic E-state index is -0.559. The molecule has 0 saturated heterocycles. The van der Waals surface area contributed by atoms with Crippen molar-refractivity contribution in [2.45, 2.75) is 23.5 Å². The van der Waals surface area contributed by atoms with Gasteiger partial charge >= 0.3 is 0 Å². The highest BCUT2D eigenvalue weighted by Gasteiger charge is 2.20. The number of hydrogen-bond acceptors (Lipinski definition) is 7. The average molecular weight is 571 g/mol. The second-order valence-corrected chi connectivity index (χ2v) is 9.96. The van der Waals surface area contributed by atoms with Crippen molar-refractivity contribution in [1.82, 2.24) is 5.32 Å². The molecule has 3 aromatic carbocycles. The Morgan fingerprint density at radius 1 is 0.927 bits per heavy atom. The van der Waals surface area contributed by atoms with Crippen molar-refractivity contribution >= 4 is 52.6 Å². The maximum atomic E-state index is 13.2. The third-order valence-electron chi connectivity index (χ3n) is 5.74. The van der Waals surface area contributed by atoms with Gasteiger partial charge in [0, 0.05) is 40.0 Å². The highest BCUT2D eigenvalue weighted by Crippen LogP contribution is 2.29. The van der Waals surface area contributed by atoms with Crippen LogP contribution in [0.25, 0.3) is 6.08 Å². The molecule has 0 aliphatic carbocycles. The lowest BCUT2D eigenvalue weighted by atomic mass is 10.2. The van der Waals surface area contributed by atoms with Crippen molar-refractivity contribution in [1.29, 1.82) is 0 Å². The fourth-order valence-electron chi connectivity index (χ4n) is 3.68. The fourth-order valence-corrected chi connectivity index (χ4v) is 4.69. The topological polar surface area (TPSA) is 144 Å². The van der Waals surface area contributed by atoms with Crippen LogP contribution in [-0.2, 0) is 9.59 Å². The fraction of sp³-hybridized carbons (Fsp3) is 0.100. The molecule has 208 valence electrons. The van der Waals surface area contributed by atoms with E-state index < -0.39 is 22.0 Å². The summed E-state index contributed by atoms with van der Waals surface area (Å²) in [5, 5.41) is 18.6. The van der Waals surface area contributed by atoms with Crippen LogP contribution < -0.4 is 16.0 Å². The van der Waals surface area contributed by atoms with Crippen LogP contribution in [-0.4, -0.2) is 27.9 Å². The van der Waals surface area contributed by atoms with Crippen molar-refractivity contribution in [3.05, 3.63) is 124 Å². The number of nitro groups is 1. The van der Waals surface area contributed by atoms with Gasteiger partial charge in [0.05, 0.1) is 16.4 Å². The Bertz CT molecular complexity index is 1550. The summed E-state index contributed by atoms with van der Waals surface area (Å²) in [5.74, 6) is -0.880. The van der Waals surface area contributed by atoms with Crippen molar-refractivity contribution in [3.63, 3.8) is 0 Å². The molecule has 0 saturated carbocycles. The van der Waals surface area contributed by atoms with E-state index in [1.54, 1.807) is 60.7 Å². The van der Waals surface area contributed by atoms with Gasteiger partial charge in [-0.1, -0.05) is 31.2 Å². The second-order valence-electron chi connectivity index (χ2n) is 8.68. The van der Waals surface area contributed by atoms with Crippen LogP contribution in [0.15, 0.2) is 112 Å². The number of nitrogens with zero attached hydrogens (tertiary/aromatic N) is 1. The quantitative estimate of drug-likeness (QED) is 0.0854. The van der Waals surface area contributed by atoms with Crippen molar-refractivity contribution in [2.75, 3.05) is 10.6 Å². The zero-order valence-electron chi connectivity index (χ0n) is 21.9. The zero-order chi connectivity index (χ0) is 29.2. The van der Waals surface area contributed by atoms with Crippen molar-refractivity contribution in [3.8, 4) is 0 Å². The molecule has 3 amide bonds. The smallest absolute Gasteiger partial charge is 0.272 e. The number of anilines is 2. The number of thioether (sulfide) groups is 1. The second kappa shape index (κ2) is 13.8. The van der Waals surface area contributed by atoms with E-state index >= 15 is 0 Å². The molecule has 0 fully saturated rings. The molecule has 1 unspecified atom stereocenters. The number of furan rings is 1. The summed E-state index contributed by atoms with van der Waals surface area (Å²) >= 11 is 1.31. The Morgan fingerprint density at radius 3 is 2.34 bits per heavy atom. The largest absolute Gasteiger partial charge is 0.465 e. The SMILES string of the molecule is CCC(Sc1cccc(NC(=O)/C(=C/c2ccco2)NC(=O)c2ccccc2)c1)C(=O)Nc1ccc([N+](=O)[O-])cc1. The number of nitro benzene ring substituents is 1. The minimum Gasteiger partial charge on any atom is -0.465 e. The van der Waals surface area contributed by atoms with E-state index in [4.69, 9.17) is 4.42 Å². The maximum Gasteiger partial charge on any atom is 0.272 e. The van der Waals surface area contributed by atoms with Gasteiger partial charge < -0.3 is 20.4 Å². The molecule has 41 heavy (non-hydrogen) atoms. The van der Waals surface area contributed by atoms with E-state index in [-0.39, 0.29) is 17.3 Å². The molecule has 1 aromatic heterocycles. The first-order chi connectivity index (χ1) is 19.8. The van der Waals surface area contributed by atoms with Crippen LogP contribution in [0.4, 0.5) is 17.1 Å². The Labute approximate surface area is 240 Å². The molecule has 10 nitrogen and oxygen atoms in total. The number of amides is 3. The lowest BCUT2D eigenvalue weighted by Crippen LogP contribution is -2.30. The molecule has 3 N–H and O–H groups in total. The molecule has 0 spiro atoms. The summed E-state index contributed by atoms with van der Waals surface area (Å²) in [5.41, 5.74) is 1.23. The summed E-state index contributed by atoms with van der Waals surface area (Å²) < 4.78 is 5.33. The summed E-state index contributed by atoms with van der Waals surface area (Å²) in [6, 6.07) is 24.5. The van der Waals surface area contributed by atoms with Gasteiger partial charge in [0.25, 0.3) is 17.5 Å². The van der Waals surface area contributed by atoms with Gasteiger partial charge in [-0.05, 0) is 61.0 Å². The van der Waals surface area contributed by atoms with Gasteiger partial charge in [-0.25, -0.2) is 0 Å². The monoisotopic (exact) mass is 570 g/mol. The Hall–Kier alpha value is -5.16. The van der Waals surface area contributed by atoms with Crippen molar-refractivity contribution in [2.24, 2.45) is 0 Å². The number of benzene rings is 3. The zero-order valence-corrected chi connectivity index (χ0v) is 22.7. The molecular weight excluding hydrogens is 544 g/mol. The molecule has 0 radical (unpaired) electrons. The van der Waals surface area contributed by atoms with Gasteiger partial charge in [0.15, 0.2) is 0 Å². The molecule has 0 aliphatic rings. The summed E-state index contributed by atoms with van der Waals surface area (Å²) in [4.78, 5) is 50.0. The molecule has 11 heteroatoms. The van der Waals surface area contributed by atoms with Crippen LogP contribution >= 0.6 is 11.8 Å². The minimum absolute atomic E-state index is 0.0132. The van der Waals surface area contributed by atoms with Gasteiger partial charge in [-0.2, -0.15) is 0 Å². The highest BCUT2D eigenvalue weighted by atomic mass is 32.2. The molecule has 1 heterocycles. The van der Waals surface area contributed by atoms with Crippen LogP contribution in [0, 0.1) is 10.1 Å². The number of carbonyl (C=O) groups is 3. The Morgan fingerprint density at radius 2 is 1.68 bits per heavy atom. The third-order valence-corrected chi connectivity index (χ3v) is 7.10. The van der Waals surface area contributed by atoms with Gasteiger partial charge in [0.1, 0.15) is 11.5 Å². The van der Waals surface area contributed by atoms with Crippen LogP contribution in [0.5, 0.6) is 0 Å². The average Bonchev–Trinajstić information content (AvgIpc) is 3.49. The Kier molecular flexibility index (Phi) is 9.68. The van der Waals surface area contributed by atoms with Crippen LogP contribution in [0.1, 0.15) is 29.5 Å². The van der Waals surface area contributed by atoms with Crippen molar-refractivity contribution < 1.29 is 23.7 Å². The lowest BCUT2D eigenvalue weighted by Gasteiger charge is -2.16. The van der Waals surface area contributed by atoms with E-state index in [0.717, 1.165) is 4.90 Å². The third kappa shape index (κ3) is 8.16. The van der Waals surface area contributed by atoms with E-state index in [9.17, 15) is 24.5 Å². The standard InChI is InChI=1S/C30H26N4O6S/c1-2-27(30(37)31-21-13-15-23(16-14-21)34(38)39)41-25-12-6-10-22(18-25)32-29(36)26(19-24-11-7-17-40-24)33-28(35)20-8-4-3-5-9-20/h3-19,27H,2H2,1H3,(H,31,37)(H,32,36)(H,33,35)/b26-19-. The van der Waals surface area contributed by atoms with Gasteiger partial charge in [-0.3, -0.25) is 24.5 Å². The summed E-state index contributed by atoms with van der Waals surface area (Å²) in [6.45, 7) is 1.87. The number of rotatable bonds is 11. The molecule has 4 rings (SSSR count). The summed E-state index contributed by atoms with van der Waals surface area (Å²) in [7, 11) is 0. The molecular formula is C30H26N4O6S. The molecule has 4 aromatic rings. The first-order valence-corrected chi connectivity index (χ1v) is 13.5. The van der Waals surface area contributed by atoms with Crippen LogP contribution in [0.2, 0.25) is 0 Å². The van der Waals surface area contributed by atoms with Gasteiger partial charge in [0.2, 0.25) is 5.91 Å². The number of hydrogen-bond donors (Lipinski definition) is 3. The molecule has 0 aliphatic heterocycles. The predicted molar refractivity (Wildman–Crippen MR) is 157 cm³/mol. The Balaban J connectivity index is 1.44. The van der Waals surface area contributed by atoms with Gasteiger partial charge in [-0.15, -0.1) is 11.8 Å². The van der Waals surface area contributed by atoms with E-state index in [2.05, 4.69) is 16.0 Å². The highest BCUT2D eigenvalue weighted by molar-refractivity contribution is 8.00. The first-order valence-electron chi connectivity index (χ1n) is 12.6. The number of non-ortho nitro benzene ring substituents is 1. The van der Waals surface area contributed by atoms with E-state index in [1.165, 1.54) is 48.4 Å². The molecule has 0 bridgehead atoms. The summed E-state index contributed by atoms with van der Waals surface area (Å²) in [6.07, 6.45) is 3.41.